The smallest absolute Gasteiger partial charge is 0.251 e. The summed E-state index contributed by atoms with van der Waals surface area (Å²) < 4.78 is 5.32. The second-order valence-corrected chi connectivity index (χ2v) is 9.83. The van der Waals surface area contributed by atoms with E-state index in [1.807, 2.05) is 37.5 Å². The molecule has 0 radical (unpaired) electrons. The van der Waals surface area contributed by atoms with Crippen LogP contribution in [0.4, 0.5) is 0 Å². The van der Waals surface area contributed by atoms with E-state index in [1.165, 1.54) is 29.6 Å². The molecule has 4 heterocycles. The Morgan fingerprint density at radius 1 is 1.05 bits per heavy atom. The molecule has 2 aliphatic heterocycles. The van der Waals surface area contributed by atoms with Gasteiger partial charge in [0, 0.05) is 41.9 Å². The van der Waals surface area contributed by atoms with Gasteiger partial charge in [0.15, 0.2) is 0 Å². The molecule has 0 spiro atoms. The third kappa shape index (κ3) is 4.72. The molecule has 6 rings (SSSR count). The molecule has 2 unspecified atom stereocenters. The number of nitrogens with zero attached hydrogens (tertiary/aromatic N) is 4. The van der Waals surface area contributed by atoms with Crippen LogP contribution in [0.25, 0.3) is 17.0 Å². The average molecular weight is 495 g/mol. The number of fused-ring (bicyclic) bond motifs is 2. The average Bonchev–Trinajstić information content (AvgIpc) is 3.68. The van der Waals surface area contributed by atoms with Gasteiger partial charge in [-0.3, -0.25) is 9.69 Å². The first-order chi connectivity index (χ1) is 18.2. The maximum Gasteiger partial charge on any atom is 0.251 e. The summed E-state index contributed by atoms with van der Waals surface area (Å²) in [6.07, 6.45) is 8.07. The van der Waals surface area contributed by atoms with Crippen molar-refractivity contribution in [3.8, 4) is 11.4 Å². The number of H-pyrrole nitrogens is 1. The number of carbonyl (C=O) groups is 1. The van der Waals surface area contributed by atoms with Crippen LogP contribution in [0.5, 0.6) is 0 Å². The summed E-state index contributed by atoms with van der Waals surface area (Å²) >= 11 is 0. The topological polar surface area (TPSA) is 99.9 Å². The van der Waals surface area contributed by atoms with E-state index in [-0.39, 0.29) is 5.91 Å². The predicted octanol–water partition coefficient (Wildman–Crippen LogP) is 4.84. The van der Waals surface area contributed by atoms with Crippen molar-refractivity contribution in [2.75, 3.05) is 6.54 Å². The van der Waals surface area contributed by atoms with E-state index in [9.17, 15) is 4.79 Å². The Balaban J connectivity index is 1.39. The van der Waals surface area contributed by atoms with Crippen LogP contribution in [0.15, 0.2) is 77.1 Å². The zero-order valence-electron chi connectivity index (χ0n) is 20.9. The van der Waals surface area contributed by atoms with Crippen molar-refractivity contribution < 1.29 is 9.21 Å². The highest BCUT2D eigenvalue weighted by Gasteiger charge is 2.39. The van der Waals surface area contributed by atoms with Crippen molar-refractivity contribution in [2.24, 2.45) is 0 Å². The lowest BCUT2D eigenvalue weighted by Gasteiger charge is -2.37. The van der Waals surface area contributed by atoms with Crippen molar-refractivity contribution in [3.63, 3.8) is 0 Å². The molecule has 2 aromatic heterocycles. The second kappa shape index (κ2) is 10.1. The number of amides is 1. The number of benzene rings is 2. The van der Waals surface area contributed by atoms with E-state index < -0.39 is 0 Å². The van der Waals surface area contributed by atoms with Gasteiger partial charge >= 0.3 is 0 Å². The molecule has 8 heteroatoms. The third-order valence-corrected chi connectivity index (χ3v) is 7.56. The molecule has 1 amide bonds. The molecule has 4 aromatic rings. The molecule has 2 fully saturated rings. The molecular weight excluding hydrogens is 464 g/mol. The summed E-state index contributed by atoms with van der Waals surface area (Å²) in [5, 5.41) is 17.5. The number of tetrazole rings is 1. The number of aromatic amines is 1. The fraction of sp³-hybridized carbons (Fsp3) is 0.310. The van der Waals surface area contributed by atoms with Gasteiger partial charge in [-0.25, -0.2) is 0 Å². The minimum Gasteiger partial charge on any atom is -0.472 e. The fourth-order valence-corrected chi connectivity index (χ4v) is 5.88. The van der Waals surface area contributed by atoms with Crippen LogP contribution in [0.1, 0.15) is 59.7 Å². The minimum absolute atomic E-state index is 0.0482. The number of hydrogen-bond donors (Lipinski definition) is 2. The summed E-state index contributed by atoms with van der Waals surface area (Å²) in [5.41, 5.74) is 7.79. The number of aromatic nitrogens is 4. The zero-order chi connectivity index (χ0) is 25.2. The van der Waals surface area contributed by atoms with Gasteiger partial charge in [-0.1, -0.05) is 35.9 Å². The SMILES string of the molecule is CCNC(=O)c1ccc(C(=C2CC3CCC(C2)N3Cc2ccoc2)c2cccc(-c3nn[nH]n3)c2)cc1. The molecular formula is C29H30N6O2. The number of furan rings is 1. The van der Waals surface area contributed by atoms with Crippen molar-refractivity contribution in [1.82, 2.24) is 30.8 Å². The normalized spacial score (nSPS) is 19.2. The van der Waals surface area contributed by atoms with Crippen molar-refractivity contribution in [2.45, 2.75) is 51.2 Å². The van der Waals surface area contributed by atoms with Crippen LogP contribution in [0.2, 0.25) is 0 Å². The lowest BCUT2D eigenvalue weighted by molar-refractivity contribution is 0.0956. The Hall–Kier alpha value is -4.04. The summed E-state index contributed by atoms with van der Waals surface area (Å²) in [7, 11) is 0. The lowest BCUT2D eigenvalue weighted by atomic mass is 9.85. The van der Waals surface area contributed by atoms with Crippen LogP contribution in [-0.2, 0) is 6.54 Å². The van der Waals surface area contributed by atoms with Gasteiger partial charge in [0.1, 0.15) is 0 Å². The number of hydrogen-bond acceptors (Lipinski definition) is 6. The van der Waals surface area contributed by atoms with E-state index in [0.717, 1.165) is 36.1 Å². The Labute approximate surface area is 215 Å². The van der Waals surface area contributed by atoms with Gasteiger partial charge in [-0.2, -0.15) is 5.21 Å². The Morgan fingerprint density at radius 3 is 2.51 bits per heavy atom. The zero-order valence-corrected chi connectivity index (χ0v) is 20.9. The monoisotopic (exact) mass is 494 g/mol. The Morgan fingerprint density at radius 2 is 1.84 bits per heavy atom. The van der Waals surface area contributed by atoms with Gasteiger partial charge < -0.3 is 9.73 Å². The van der Waals surface area contributed by atoms with Crippen LogP contribution in [-0.4, -0.2) is 50.1 Å². The van der Waals surface area contributed by atoms with E-state index in [4.69, 9.17) is 4.42 Å². The van der Waals surface area contributed by atoms with Gasteiger partial charge in [-0.15, -0.1) is 10.2 Å². The Bertz CT molecular complexity index is 1380. The van der Waals surface area contributed by atoms with E-state index in [1.54, 1.807) is 6.26 Å². The molecule has 8 nitrogen and oxygen atoms in total. The maximum absolute atomic E-state index is 12.4. The summed E-state index contributed by atoms with van der Waals surface area (Å²) in [6, 6.07) is 19.4. The summed E-state index contributed by atoms with van der Waals surface area (Å²) in [5.74, 6) is 0.528. The standard InChI is InChI=1S/C29H30N6O2/c1-2-30-29(36)21-8-6-20(7-9-21)27(22-4-3-5-23(14-22)28-31-33-34-32-28)24-15-25-10-11-26(16-24)35(25)17-19-12-13-37-18-19/h3-9,12-14,18,25-26H,2,10-11,15-17H2,1H3,(H,30,36)(H,31,32,33,34). The molecule has 2 N–H and O–H groups in total. The Kier molecular flexibility index (Phi) is 6.40. The lowest BCUT2D eigenvalue weighted by Crippen LogP contribution is -2.40. The molecule has 0 saturated carbocycles. The van der Waals surface area contributed by atoms with Crippen LogP contribution in [0, 0.1) is 0 Å². The molecule has 2 saturated heterocycles. The van der Waals surface area contributed by atoms with Gasteiger partial charge in [0.05, 0.1) is 12.5 Å². The van der Waals surface area contributed by atoms with Gasteiger partial charge in [-0.05, 0) is 78.8 Å². The van der Waals surface area contributed by atoms with Crippen molar-refractivity contribution in [3.05, 3.63) is 95.0 Å². The van der Waals surface area contributed by atoms with E-state index in [0.29, 0.717) is 30.0 Å². The number of carbonyl (C=O) groups excluding carboxylic acids is 1. The molecule has 0 aliphatic carbocycles. The van der Waals surface area contributed by atoms with Gasteiger partial charge in [0.2, 0.25) is 5.82 Å². The molecule has 37 heavy (non-hydrogen) atoms. The largest absolute Gasteiger partial charge is 0.472 e. The molecule has 2 atom stereocenters. The maximum atomic E-state index is 12.4. The van der Waals surface area contributed by atoms with Crippen LogP contribution >= 0.6 is 0 Å². The van der Waals surface area contributed by atoms with Crippen LogP contribution < -0.4 is 5.32 Å². The van der Waals surface area contributed by atoms with E-state index in [2.05, 4.69) is 61.2 Å². The van der Waals surface area contributed by atoms with Crippen molar-refractivity contribution >= 4 is 11.5 Å². The highest BCUT2D eigenvalue weighted by molar-refractivity contribution is 5.95. The molecule has 188 valence electrons. The quantitative estimate of drug-likeness (QED) is 0.381. The van der Waals surface area contributed by atoms with E-state index >= 15 is 0 Å². The third-order valence-electron chi connectivity index (χ3n) is 7.56. The van der Waals surface area contributed by atoms with Crippen LogP contribution in [0.3, 0.4) is 0 Å². The number of rotatable bonds is 7. The first kappa shape index (κ1) is 23.4. The summed E-state index contributed by atoms with van der Waals surface area (Å²) in [4.78, 5) is 15.0. The minimum atomic E-state index is -0.0482. The predicted molar refractivity (Wildman–Crippen MR) is 140 cm³/mol. The first-order valence-electron chi connectivity index (χ1n) is 12.9. The molecule has 2 aliphatic rings. The molecule has 2 aromatic carbocycles. The molecule has 2 bridgehead atoms. The number of nitrogens with one attached hydrogen (secondary N) is 2. The highest BCUT2D eigenvalue weighted by atomic mass is 16.3. The second-order valence-electron chi connectivity index (χ2n) is 9.83. The van der Waals surface area contributed by atoms with Gasteiger partial charge in [0.25, 0.3) is 5.91 Å². The summed E-state index contributed by atoms with van der Waals surface area (Å²) in [6.45, 7) is 3.47. The first-order valence-corrected chi connectivity index (χ1v) is 12.9. The fourth-order valence-electron chi connectivity index (χ4n) is 5.88. The van der Waals surface area contributed by atoms with Crippen molar-refractivity contribution in [1.29, 1.82) is 0 Å². The number of piperidine rings is 1. The highest BCUT2D eigenvalue weighted by Crippen LogP contribution is 2.44.